The second-order valence-electron chi connectivity index (χ2n) is 5.14. The van der Waals surface area contributed by atoms with Crippen molar-refractivity contribution in [3.8, 4) is 11.5 Å². The van der Waals surface area contributed by atoms with Gasteiger partial charge in [0.25, 0.3) is 0 Å². The first kappa shape index (κ1) is 16.3. The Bertz CT molecular complexity index is 818. The van der Waals surface area contributed by atoms with E-state index >= 15 is 0 Å². The average molecular weight is 342 g/mol. The van der Waals surface area contributed by atoms with Crippen molar-refractivity contribution in [1.82, 2.24) is 4.98 Å². The number of anilines is 1. The number of nitrogens with one attached hydrogen (secondary N) is 1. The van der Waals surface area contributed by atoms with E-state index in [2.05, 4.69) is 10.3 Å². The summed E-state index contributed by atoms with van der Waals surface area (Å²) in [5.41, 5.74) is 0.771. The minimum Gasteiger partial charge on any atom is -0.494 e. The molecule has 2 aromatic carbocycles. The van der Waals surface area contributed by atoms with E-state index in [1.807, 2.05) is 48.5 Å². The molecule has 0 bridgehead atoms. The van der Waals surface area contributed by atoms with E-state index in [-0.39, 0.29) is 5.91 Å². The molecular formula is C18H18N2O3S. The second kappa shape index (κ2) is 7.79. The zero-order valence-corrected chi connectivity index (χ0v) is 14.1. The summed E-state index contributed by atoms with van der Waals surface area (Å²) in [6.45, 7) is 0.505. The Kier molecular flexibility index (Phi) is 5.28. The minimum absolute atomic E-state index is 0.0651. The van der Waals surface area contributed by atoms with Crippen LogP contribution in [0, 0.1) is 0 Å². The van der Waals surface area contributed by atoms with E-state index in [1.165, 1.54) is 11.3 Å². The summed E-state index contributed by atoms with van der Waals surface area (Å²) < 4.78 is 11.8. The van der Waals surface area contributed by atoms with Gasteiger partial charge in [0.15, 0.2) is 5.13 Å². The van der Waals surface area contributed by atoms with Crippen LogP contribution in [-0.4, -0.2) is 24.6 Å². The number of hydrogen-bond acceptors (Lipinski definition) is 5. The van der Waals surface area contributed by atoms with Crippen LogP contribution in [0.25, 0.3) is 10.2 Å². The molecule has 0 unspecified atom stereocenters. The molecule has 5 nitrogen and oxygen atoms in total. The van der Waals surface area contributed by atoms with E-state index in [9.17, 15) is 4.79 Å². The predicted octanol–water partition coefficient (Wildman–Crippen LogP) is 4.10. The van der Waals surface area contributed by atoms with Gasteiger partial charge in [0.1, 0.15) is 17.0 Å². The maximum Gasteiger partial charge on any atom is 0.226 e. The molecule has 124 valence electrons. The summed E-state index contributed by atoms with van der Waals surface area (Å²) in [5, 5.41) is 3.43. The molecule has 0 aliphatic heterocycles. The lowest BCUT2D eigenvalue weighted by atomic mass is 10.3. The number of aromatic nitrogens is 1. The van der Waals surface area contributed by atoms with E-state index in [4.69, 9.17) is 9.47 Å². The van der Waals surface area contributed by atoms with Gasteiger partial charge in [-0.3, -0.25) is 4.79 Å². The predicted molar refractivity (Wildman–Crippen MR) is 96.0 cm³/mol. The normalized spacial score (nSPS) is 10.5. The molecule has 1 N–H and O–H groups in total. The third kappa shape index (κ3) is 4.02. The Balaban J connectivity index is 1.50. The molecule has 0 aliphatic carbocycles. The summed E-state index contributed by atoms with van der Waals surface area (Å²) in [4.78, 5) is 16.5. The Morgan fingerprint density at radius 1 is 1.17 bits per heavy atom. The fraction of sp³-hybridized carbons (Fsp3) is 0.222. The number of benzene rings is 2. The van der Waals surface area contributed by atoms with Crippen LogP contribution < -0.4 is 14.8 Å². The average Bonchev–Trinajstić information content (AvgIpc) is 3.02. The Hall–Kier alpha value is -2.60. The van der Waals surface area contributed by atoms with E-state index in [0.717, 1.165) is 16.0 Å². The molecule has 0 saturated heterocycles. The Labute approximate surface area is 144 Å². The fourth-order valence-corrected chi connectivity index (χ4v) is 3.16. The maximum atomic E-state index is 12.0. The highest BCUT2D eigenvalue weighted by Crippen LogP contribution is 2.32. The van der Waals surface area contributed by atoms with Crippen LogP contribution in [0.15, 0.2) is 48.5 Å². The first-order valence-corrected chi connectivity index (χ1v) is 8.49. The standard InChI is InChI=1S/C18H18N2O3S/c1-22-14-9-5-10-15-17(14)20-18(24-15)19-16(21)11-6-12-23-13-7-3-2-4-8-13/h2-5,7-10H,6,11-12H2,1H3,(H,19,20,21). The monoisotopic (exact) mass is 342 g/mol. The fourth-order valence-electron chi connectivity index (χ4n) is 2.26. The molecule has 0 atom stereocenters. The van der Waals surface area contributed by atoms with Gasteiger partial charge in [-0.05, 0) is 30.7 Å². The van der Waals surface area contributed by atoms with Crippen LogP contribution in [0.4, 0.5) is 5.13 Å². The van der Waals surface area contributed by atoms with Crippen molar-refractivity contribution in [2.24, 2.45) is 0 Å². The lowest BCUT2D eigenvalue weighted by molar-refractivity contribution is -0.116. The van der Waals surface area contributed by atoms with Crippen LogP contribution in [0.5, 0.6) is 11.5 Å². The Morgan fingerprint density at radius 3 is 2.79 bits per heavy atom. The van der Waals surface area contributed by atoms with Crippen LogP contribution in [0.1, 0.15) is 12.8 Å². The van der Waals surface area contributed by atoms with Crippen LogP contribution in [0.2, 0.25) is 0 Å². The van der Waals surface area contributed by atoms with Gasteiger partial charge in [-0.1, -0.05) is 35.6 Å². The highest BCUT2D eigenvalue weighted by Gasteiger charge is 2.10. The van der Waals surface area contributed by atoms with Crippen molar-refractivity contribution in [2.75, 3.05) is 19.0 Å². The summed E-state index contributed by atoms with van der Waals surface area (Å²) in [7, 11) is 1.61. The largest absolute Gasteiger partial charge is 0.494 e. The molecule has 3 aromatic rings. The lowest BCUT2D eigenvalue weighted by Gasteiger charge is -2.05. The van der Waals surface area contributed by atoms with Crippen molar-refractivity contribution < 1.29 is 14.3 Å². The number of para-hydroxylation sites is 2. The third-order valence-corrected chi connectivity index (χ3v) is 4.34. The SMILES string of the molecule is COc1cccc2sc(NC(=O)CCCOc3ccccc3)nc12. The van der Waals surface area contributed by atoms with Gasteiger partial charge < -0.3 is 14.8 Å². The number of hydrogen-bond donors (Lipinski definition) is 1. The second-order valence-corrected chi connectivity index (χ2v) is 6.17. The van der Waals surface area contributed by atoms with Crippen molar-refractivity contribution in [3.63, 3.8) is 0 Å². The summed E-state index contributed by atoms with van der Waals surface area (Å²) in [5.74, 6) is 1.46. The number of fused-ring (bicyclic) bond motifs is 1. The summed E-state index contributed by atoms with van der Waals surface area (Å²) >= 11 is 1.44. The van der Waals surface area contributed by atoms with Gasteiger partial charge >= 0.3 is 0 Å². The van der Waals surface area contributed by atoms with Gasteiger partial charge in [0.05, 0.1) is 18.4 Å². The molecule has 0 aliphatic rings. The van der Waals surface area contributed by atoms with E-state index in [0.29, 0.717) is 30.3 Å². The topological polar surface area (TPSA) is 60.5 Å². The van der Waals surface area contributed by atoms with Gasteiger partial charge in [-0.25, -0.2) is 4.98 Å². The number of amides is 1. The third-order valence-electron chi connectivity index (χ3n) is 3.41. The molecule has 1 amide bonds. The van der Waals surface area contributed by atoms with Crippen molar-refractivity contribution in [2.45, 2.75) is 12.8 Å². The van der Waals surface area contributed by atoms with E-state index in [1.54, 1.807) is 7.11 Å². The first-order valence-electron chi connectivity index (χ1n) is 7.67. The molecule has 0 radical (unpaired) electrons. The smallest absolute Gasteiger partial charge is 0.226 e. The number of carbonyl (C=O) groups is 1. The van der Waals surface area contributed by atoms with Gasteiger partial charge in [0, 0.05) is 6.42 Å². The van der Waals surface area contributed by atoms with Crippen molar-refractivity contribution in [3.05, 3.63) is 48.5 Å². The van der Waals surface area contributed by atoms with Crippen LogP contribution in [-0.2, 0) is 4.79 Å². The molecule has 1 aromatic heterocycles. The number of rotatable bonds is 7. The van der Waals surface area contributed by atoms with Crippen LogP contribution >= 0.6 is 11.3 Å². The molecule has 0 fully saturated rings. The van der Waals surface area contributed by atoms with Gasteiger partial charge in [0.2, 0.25) is 5.91 Å². The van der Waals surface area contributed by atoms with Gasteiger partial charge in [-0.15, -0.1) is 0 Å². The Morgan fingerprint density at radius 2 is 2.00 bits per heavy atom. The molecule has 1 heterocycles. The van der Waals surface area contributed by atoms with Crippen molar-refractivity contribution in [1.29, 1.82) is 0 Å². The molecule has 24 heavy (non-hydrogen) atoms. The number of methoxy groups -OCH3 is 1. The highest BCUT2D eigenvalue weighted by atomic mass is 32.1. The zero-order chi connectivity index (χ0) is 16.8. The van der Waals surface area contributed by atoms with Crippen LogP contribution in [0.3, 0.4) is 0 Å². The first-order chi connectivity index (χ1) is 11.8. The molecule has 0 saturated carbocycles. The highest BCUT2D eigenvalue weighted by molar-refractivity contribution is 7.22. The number of nitrogens with zero attached hydrogens (tertiary/aromatic N) is 1. The van der Waals surface area contributed by atoms with E-state index < -0.39 is 0 Å². The quantitative estimate of drug-likeness (QED) is 0.657. The number of thiazole rings is 1. The minimum atomic E-state index is -0.0651. The summed E-state index contributed by atoms with van der Waals surface area (Å²) in [6.07, 6.45) is 1.04. The number of ether oxygens (including phenoxy) is 2. The van der Waals surface area contributed by atoms with Gasteiger partial charge in [-0.2, -0.15) is 0 Å². The molecule has 6 heteroatoms. The van der Waals surface area contributed by atoms with Crippen molar-refractivity contribution >= 4 is 32.6 Å². The molecular weight excluding hydrogens is 324 g/mol. The molecule has 0 spiro atoms. The maximum absolute atomic E-state index is 12.0. The lowest BCUT2D eigenvalue weighted by Crippen LogP contribution is -2.12. The number of carbonyl (C=O) groups excluding carboxylic acids is 1. The zero-order valence-electron chi connectivity index (χ0n) is 13.3. The summed E-state index contributed by atoms with van der Waals surface area (Å²) in [6, 6.07) is 15.3. The molecule has 3 rings (SSSR count).